The van der Waals surface area contributed by atoms with Gasteiger partial charge in [-0.2, -0.15) is 11.8 Å². The lowest BCUT2D eigenvalue weighted by atomic mass is 10.2. The van der Waals surface area contributed by atoms with Gasteiger partial charge < -0.3 is 9.55 Å². The van der Waals surface area contributed by atoms with Gasteiger partial charge in [0.15, 0.2) is 4.77 Å². The largest absolute Gasteiger partial charge is 0.331 e. The molecule has 6 heteroatoms. The molecule has 1 saturated heterocycles. The molecule has 1 aromatic carbocycles. The number of benzene rings is 1. The van der Waals surface area contributed by atoms with Crippen LogP contribution in [0.25, 0.3) is 11.0 Å². The van der Waals surface area contributed by atoms with Crippen LogP contribution in [0.15, 0.2) is 12.1 Å². The first kappa shape index (κ1) is 11.9. The summed E-state index contributed by atoms with van der Waals surface area (Å²) in [6, 6.07) is 4.21. The maximum atomic E-state index is 6.08. The number of nitrogens with one attached hydrogen (secondary N) is 1. The Bertz CT molecular complexity index is 626. The fourth-order valence-electron chi connectivity index (χ4n) is 2.21. The Hall–Kier alpha value is -0.160. The second-order valence-corrected chi connectivity index (χ2v) is 6.45. The van der Waals surface area contributed by atoms with Crippen molar-refractivity contribution in [3.63, 3.8) is 0 Å². The van der Waals surface area contributed by atoms with Crippen LogP contribution >= 0.6 is 47.2 Å². The number of rotatable bonds is 1. The molecule has 1 unspecified atom stereocenters. The van der Waals surface area contributed by atoms with Gasteiger partial charge in [0.05, 0.1) is 21.1 Å². The highest BCUT2D eigenvalue weighted by atomic mass is 35.5. The number of thioether (sulfide) groups is 1. The molecular formula is C11H10Cl2N2S2. The summed E-state index contributed by atoms with van der Waals surface area (Å²) in [6.45, 7) is 0. The van der Waals surface area contributed by atoms with Gasteiger partial charge in [0.25, 0.3) is 0 Å². The SMILES string of the molecule is S=c1[nH]c2cc(Cl)c(Cl)cc2n1C1CCSC1. The first-order valence-electron chi connectivity index (χ1n) is 5.34. The molecule has 1 N–H and O–H groups in total. The lowest BCUT2D eigenvalue weighted by Gasteiger charge is -2.11. The molecule has 90 valence electrons. The van der Waals surface area contributed by atoms with E-state index >= 15 is 0 Å². The molecule has 1 fully saturated rings. The quantitative estimate of drug-likeness (QED) is 0.772. The average Bonchev–Trinajstić information content (AvgIpc) is 2.86. The number of hydrogen-bond acceptors (Lipinski definition) is 2. The number of imidazole rings is 1. The summed E-state index contributed by atoms with van der Waals surface area (Å²) < 4.78 is 2.93. The van der Waals surface area contributed by atoms with E-state index in [1.54, 1.807) is 0 Å². The van der Waals surface area contributed by atoms with Gasteiger partial charge in [-0.3, -0.25) is 0 Å². The summed E-state index contributed by atoms with van der Waals surface area (Å²) >= 11 is 19.4. The van der Waals surface area contributed by atoms with Gasteiger partial charge in [0, 0.05) is 11.8 Å². The summed E-state index contributed by atoms with van der Waals surface area (Å²) in [6.07, 6.45) is 1.16. The average molecular weight is 305 g/mol. The van der Waals surface area contributed by atoms with E-state index in [0.29, 0.717) is 16.1 Å². The van der Waals surface area contributed by atoms with Crippen molar-refractivity contribution in [2.24, 2.45) is 0 Å². The molecule has 0 spiro atoms. The Morgan fingerprint density at radius 1 is 1.35 bits per heavy atom. The van der Waals surface area contributed by atoms with E-state index in [2.05, 4.69) is 9.55 Å². The highest BCUT2D eigenvalue weighted by Crippen LogP contribution is 2.34. The minimum absolute atomic E-state index is 0.471. The molecule has 3 rings (SSSR count). The summed E-state index contributed by atoms with van der Waals surface area (Å²) in [5.74, 6) is 2.31. The summed E-state index contributed by atoms with van der Waals surface area (Å²) in [7, 11) is 0. The first-order chi connectivity index (χ1) is 8.16. The maximum absolute atomic E-state index is 6.08. The van der Waals surface area contributed by atoms with Crippen LogP contribution in [0.1, 0.15) is 12.5 Å². The van der Waals surface area contributed by atoms with E-state index in [1.807, 2.05) is 23.9 Å². The molecule has 1 aliphatic rings. The Morgan fingerprint density at radius 2 is 2.12 bits per heavy atom. The second kappa shape index (κ2) is 4.50. The van der Waals surface area contributed by atoms with E-state index in [-0.39, 0.29) is 0 Å². The second-order valence-electron chi connectivity index (χ2n) is 4.10. The number of halogens is 2. The molecule has 2 heterocycles. The van der Waals surface area contributed by atoms with Crippen LogP contribution in [-0.2, 0) is 0 Å². The Kier molecular flexibility index (Phi) is 3.15. The minimum atomic E-state index is 0.471. The van der Waals surface area contributed by atoms with Crippen molar-refractivity contribution in [3.05, 3.63) is 26.9 Å². The number of aromatic amines is 1. The van der Waals surface area contributed by atoms with Gasteiger partial charge in [-0.15, -0.1) is 0 Å². The summed E-state index contributed by atoms with van der Waals surface area (Å²) in [5, 5.41) is 1.14. The van der Waals surface area contributed by atoms with Gasteiger partial charge in [0.1, 0.15) is 0 Å². The lowest BCUT2D eigenvalue weighted by Crippen LogP contribution is -2.07. The number of fused-ring (bicyclic) bond motifs is 1. The van der Waals surface area contributed by atoms with Crippen molar-refractivity contribution in [2.75, 3.05) is 11.5 Å². The van der Waals surface area contributed by atoms with Crippen LogP contribution in [0, 0.1) is 4.77 Å². The molecule has 1 aromatic heterocycles. The molecule has 0 amide bonds. The van der Waals surface area contributed by atoms with Gasteiger partial charge in [-0.25, -0.2) is 0 Å². The Morgan fingerprint density at radius 3 is 2.82 bits per heavy atom. The normalized spacial score (nSPS) is 20.2. The third kappa shape index (κ3) is 2.01. The molecule has 0 saturated carbocycles. The van der Waals surface area contributed by atoms with E-state index in [1.165, 1.54) is 5.75 Å². The molecule has 0 radical (unpaired) electrons. The molecule has 1 aliphatic heterocycles. The fraction of sp³-hybridized carbons (Fsp3) is 0.364. The summed E-state index contributed by atoms with van der Waals surface area (Å²) in [5.41, 5.74) is 2.01. The van der Waals surface area contributed by atoms with Crippen molar-refractivity contribution in [1.29, 1.82) is 0 Å². The van der Waals surface area contributed by atoms with Crippen molar-refractivity contribution >= 4 is 58.2 Å². The van der Waals surface area contributed by atoms with Crippen molar-refractivity contribution < 1.29 is 0 Å². The maximum Gasteiger partial charge on any atom is 0.178 e. The zero-order chi connectivity index (χ0) is 12.0. The van der Waals surface area contributed by atoms with Crippen LogP contribution in [0.3, 0.4) is 0 Å². The lowest BCUT2D eigenvalue weighted by molar-refractivity contribution is 0.569. The van der Waals surface area contributed by atoms with Gasteiger partial charge in [-0.1, -0.05) is 23.2 Å². The van der Waals surface area contributed by atoms with Gasteiger partial charge in [-0.05, 0) is 36.5 Å². The van der Waals surface area contributed by atoms with Crippen LogP contribution in [0.4, 0.5) is 0 Å². The van der Waals surface area contributed by atoms with Crippen molar-refractivity contribution in [2.45, 2.75) is 12.5 Å². The third-order valence-electron chi connectivity index (χ3n) is 3.03. The topological polar surface area (TPSA) is 20.7 Å². The zero-order valence-electron chi connectivity index (χ0n) is 8.87. The molecule has 2 aromatic rings. The van der Waals surface area contributed by atoms with Crippen LogP contribution in [0.5, 0.6) is 0 Å². The predicted molar refractivity (Wildman–Crippen MR) is 78.1 cm³/mol. The monoisotopic (exact) mass is 304 g/mol. The van der Waals surface area contributed by atoms with Crippen molar-refractivity contribution in [3.8, 4) is 0 Å². The summed E-state index contributed by atoms with van der Waals surface area (Å²) in [4.78, 5) is 3.20. The molecule has 1 atom stereocenters. The predicted octanol–water partition coefficient (Wildman–Crippen LogP) is 4.68. The van der Waals surface area contributed by atoms with Gasteiger partial charge in [0.2, 0.25) is 0 Å². The van der Waals surface area contributed by atoms with E-state index < -0.39 is 0 Å². The van der Waals surface area contributed by atoms with E-state index in [4.69, 9.17) is 35.4 Å². The smallest absolute Gasteiger partial charge is 0.178 e. The molecule has 0 bridgehead atoms. The molecule has 17 heavy (non-hydrogen) atoms. The molecule has 0 aliphatic carbocycles. The number of aromatic nitrogens is 2. The molecular weight excluding hydrogens is 295 g/mol. The molecule has 2 nitrogen and oxygen atoms in total. The number of hydrogen-bond donors (Lipinski definition) is 1. The van der Waals surface area contributed by atoms with Crippen LogP contribution < -0.4 is 0 Å². The van der Waals surface area contributed by atoms with E-state index in [9.17, 15) is 0 Å². The standard InChI is InChI=1S/C11H10Cl2N2S2/c12-7-3-9-10(4-8(7)13)15(11(16)14-9)6-1-2-17-5-6/h3-4,6H,1-2,5H2,(H,14,16). The van der Waals surface area contributed by atoms with Gasteiger partial charge >= 0.3 is 0 Å². The highest BCUT2D eigenvalue weighted by Gasteiger charge is 2.20. The Balaban J connectivity index is 2.26. The minimum Gasteiger partial charge on any atom is -0.331 e. The number of nitrogens with zero attached hydrogens (tertiary/aromatic N) is 1. The van der Waals surface area contributed by atoms with Crippen LogP contribution in [0.2, 0.25) is 10.0 Å². The van der Waals surface area contributed by atoms with E-state index in [0.717, 1.165) is 28.0 Å². The van der Waals surface area contributed by atoms with Crippen molar-refractivity contribution in [1.82, 2.24) is 9.55 Å². The first-order valence-corrected chi connectivity index (χ1v) is 7.65. The third-order valence-corrected chi connectivity index (χ3v) is 5.20. The van der Waals surface area contributed by atoms with Crippen LogP contribution in [-0.4, -0.2) is 21.1 Å². The number of H-pyrrole nitrogens is 1. The fourth-order valence-corrected chi connectivity index (χ4v) is 4.08. The Labute approximate surface area is 118 Å². The highest BCUT2D eigenvalue weighted by molar-refractivity contribution is 7.99. The zero-order valence-corrected chi connectivity index (χ0v) is 12.0.